The maximum absolute atomic E-state index is 10.3. The Bertz CT molecular complexity index is 623. The second-order valence-corrected chi connectivity index (χ2v) is 9.06. The van der Waals surface area contributed by atoms with Gasteiger partial charge in [-0.3, -0.25) is 0 Å². The van der Waals surface area contributed by atoms with Crippen molar-refractivity contribution in [2.24, 2.45) is 23.2 Å². The van der Waals surface area contributed by atoms with Gasteiger partial charge in [0.1, 0.15) is 5.75 Å². The van der Waals surface area contributed by atoms with E-state index in [1.807, 2.05) is 7.11 Å². The Balaban J connectivity index is 1.87. The van der Waals surface area contributed by atoms with Crippen molar-refractivity contribution < 1.29 is 9.84 Å². The molecule has 1 N–H and O–H groups in total. The lowest BCUT2D eigenvalue weighted by molar-refractivity contribution is -0.0187. The number of fused-ring (bicyclic) bond motifs is 3. The molecule has 2 aliphatic rings. The fraction of sp³-hybridized carbons (Fsp3) is 0.750. The maximum Gasteiger partial charge on any atom is 0.119 e. The van der Waals surface area contributed by atoms with E-state index in [0.717, 1.165) is 42.8 Å². The van der Waals surface area contributed by atoms with Gasteiger partial charge in [-0.1, -0.05) is 40.2 Å². The lowest BCUT2D eigenvalue weighted by Gasteiger charge is -2.54. The lowest BCUT2D eigenvalue weighted by Crippen LogP contribution is -2.45. The Morgan fingerprint density at radius 1 is 1.27 bits per heavy atom. The normalized spacial score (nSPS) is 32.0. The Morgan fingerprint density at radius 3 is 2.69 bits per heavy atom. The van der Waals surface area contributed by atoms with Crippen molar-refractivity contribution in [3.63, 3.8) is 0 Å². The third-order valence-corrected chi connectivity index (χ3v) is 8.16. The summed E-state index contributed by atoms with van der Waals surface area (Å²) in [5, 5.41) is 10.3. The Labute approximate surface area is 160 Å². The minimum Gasteiger partial charge on any atom is -0.508 e. The topological polar surface area (TPSA) is 29.5 Å². The number of aryl methyl sites for hydroxylation is 2. The zero-order valence-corrected chi connectivity index (χ0v) is 17.5. The van der Waals surface area contributed by atoms with Crippen molar-refractivity contribution in [2.45, 2.75) is 78.6 Å². The van der Waals surface area contributed by atoms with Gasteiger partial charge in [0.2, 0.25) is 0 Å². The Kier molecular flexibility index (Phi) is 6.01. The summed E-state index contributed by atoms with van der Waals surface area (Å²) in [5.41, 5.74) is 4.51. The van der Waals surface area contributed by atoms with Crippen molar-refractivity contribution in [3.05, 3.63) is 28.8 Å². The smallest absolute Gasteiger partial charge is 0.119 e. The molecule has 0 spiro atoms. The summed E-state index contributed by atoms with van der Waals surface area (Å²) in [6.07, 6.45) is 8.39. The summed E-state index contributed by atoms with van der Waals surface area (Å²) < 4.78 is 5.41. The van der Waals surface area contributed by atoms with Crippen LogP contribution in [0, 0.1) is 23.2 Å². The molecule has 26 heavy (non-hydrogen) atoms. The average Bonchev–Trinajstić information content (AvgIpc) is 2.64. The third kappa shape index (κ3) is 3.30. The van der Waals surface area contributed by atoms with Gasteiger partial charge in [0.05, 0.1) is 0 Å². The number of hydrogen-bond acceptors (Lipinski definition) is 2. The summed E-state index contributed by atoms with van der Waals surface area (Å²) in [4.78, 5) is 0. The van der Waals surface area contributed by atoms with Crippen molar-refractivity contribution in [2.75, 3.05) is 13.7 Å². The van der Waals surface area contributed by atoms with Crippen molar-refractivity contribution in [1.82, 2.24) is 0 Å². The molecule has 3 unspecified atom stereocenters. The first kappa shape index (κ1) is 19.7. The molecule has 3 rings (SSSR count). The van der Waals surface area contributed by atoms with Gasteiger partial charge in [-0.25, -0.2) is 0 Å². The van der Waals surface area contributed by atoms with Gasteiger partial charge in [-0.2, -0.15) is 0 Å². The molecule has 0 aromatic heterocycles. The Morgan fingerprint density at radius 2 is 2.04 bits per heavy atom. The number of phenolic OH excluding ortho intramolecular Hbond substituents is 1. The molecule has 2 heteroatoms. The zero-order valence-electron chi connectivity index (χ0n) is 17.5. The number of rotatable bonds is 6. The van der Waals surface area contributed by atoms with Crippen molar-refractivity contribution in [3.8, 4) is 5.75 Å². The van der Waals surface area contributed by atoms with Gasteiger partial charge in [0.15, 0.2) is 0 Å². The van der Waals surface area contributed by atoms with E-state index in [4.69, 9.17) is 4.74 Å². The molecule has 0 heterocycles. The number of hydrogen-bond donors (Lipinski definition) is 1. The lowest BCUT2D eigenvalue weighted by atomic mass is 9.51. The molecular weight excluding hydrogens is 320 g/mol. The number of benzene rings is 1. The first-order valence-corrected chi connectivity index (χ1v) is 10.8. The first-order chi connectivity index (χ1) is 12.5. The third-order valence-electron chi connectivity index (χ3n) is 8.16. The van der Waals surface area contributed by atoms with Gasteiger partial charge in [0.25, 0.3) is 0 Å². The minimum atomic E-state index is 0.427. The summed E-state index contributed by atoms with van der Waals surface area (Å²) >= 11 is 0. The molecule has 2 nitrogen and oxygen atoms in total. The van der Waals surface area contributed by atoms with E-state index in [-0.39, 0.29) is 0 Å². The van der Waals surface area contributed by atoms with Crippen molar-refractivity contribution >= 4 is 0 Å². The van der Waals surface area contributed by atoms with Gasteiger partial charge in [0, 0.05) is 13.7 Å². The van der Waals surface area contributed by atoms with Crippen LogP contribution in [-0.2, 0) is 17.6 Å². The number of aromatic hydroxyl groups is 1. The van der Waals surface area contributed by atoms with E-state index in [0.29, 0.717) is 17.1 Å². The molecule has 0 saturated heterocycles. The van der Waals surface area contributed by atoms with Crippen LogP contribution >= 0.6 is 0 Å². The van der Waals surface area contributed by atoms with Crippen LogP contribution in [0.2, 0.25) is 0 Å². The van der Waals surface area contributed by atoms with E-state index in [1.165, 1.54) is 37.7 Å². The highest BCUT2D eigenvalue weighted by Gasteiger charge is 2.48. The van der Waals surface area contributed by atoms with E-state index < -0.39 is 0 Å². The molecule has 1 saturated carbocycles. The van der Waals surface area contributed by atoms with Crippen LogP contribution in [0.5, 0.6) is 5.75 Å². The summed E-state index contributed by atoms with van der Waals surface area (Å²) in [6, 6.07) is 4.40. The molecule has 0 radical (unpaired) electrons. The van der Waals surface area contributed by atoms with Gasteiger partial charge >= 0.3 is 0 Å². The molecule has 1 aromatic carbocycles. The molecule has 1 fully saturated rings. The molecule has 2 aliphatic carbocycles. The summed E-state index contributed by atoms with van der Waals surface area (Å²) in [5.74, 6) is 3.48. The van der Waals surface area contributed by atoms with Crippen molar-refractivity contribution in [1.29, 1.82) is 0 Å². The van der Waals surface area contributed by atoms with E-state index >= 15 is 0 Å². The fourth-order valence-electron chi connectivity index (χ4n) is 6.28. The van der Waals surface area contributed by atoms with Crippen LogP contribution in [0.25, 0.3) is 0 Å². The minimum absolute atomic E-state index is 0.427. The first-order valence-electron chi connectivity index (χ1n) is 10.8. The SMILES string of the molecule is CCc1cc2c(cc1O)CCC1C2CC[C@](C)([C@H](CC)CCOC)C1C. The second-order valence-electron chi connectivity index (χ2n) is 9.06. The van der Waals surface area contributed by atoms with Gasteiger partial charge in [-0.15, -0.1) is 0 Å². The predicted octanol–water partition coefficient (Wildman–Crippen LogP) is 6.10. The van der Waals surface area contributed by atoms with Crippen LogP contribution in [0.1, 0.15) is 82.4 Å². The molecule has 0 amide bonds. The molecule has 0 aliphatic heterocycles. The van der Waals surface area contributed by atoms with Gasteiger partial charge in [-0.05, 0) is 90.4 Å². The summed E-state index contributed by atoms with van der Waals surface area (Å²) in [7, 11) is 1.83. The molecule has 1 aromatic rings. The summed E-state index contributed by atoms with van der Waals surface area (Å²) in [6.45, 7) is 10.5. The average molecular weight is 359 g/mol. The van der Waals surface area contributed by atoms with E-state index in [2.05, 4.69) is 39.8 Å². The largest absolute Gasteiger partial charge is 0.508 e. The predicted molar refractivity (Wildman–Crippen MR) is 109 cm³/mol. The van der Waals surface area contributed by atoms with Crippen LogP contribution in [-0.4, -0.2) is 18.8 Å². The highest BCUT2D eigenvalue weighted by molar-refractivity contribution is 5.45. The number of ether oxygens (including phenoxy) is 1. The quantitative estimate of drug-likeness (QED) is 0.666. The number of methoxy groups -OCH3 is 1. The highest BCUT2D eigenvalue weighted by atomic mass is 16.5. The molecule has 0 bridgehead atoms. The fourth-order valence-corrected chi connectivity index (χ4v) is 6.28. The second kappa shape index (κ2) is 7.92. The van der Waals surface area contributed by atoms with E-state index in [9.17, 15) is 5.11 Å². The molecule has 5 atom stereocenters. The van der Waals surface area contributed by atoms with Crippen LogP contribution in [0.4, 0.5) is 0 Å². The molecule has 146 valence electrons. The highest BCUT2D eigenvalue weighted by Crippen LogP contribution is 2.58. The Hall–Kier alpha value is -1.02. The zero-order chi connectivity index (χ0) is 18.9. The van der Waals surface area contributed by atoms with Gasteiger partial charge < -0.3 is 9.84 Å². The monoisotopic (exact) mass is 358 g/mol. The maximum atomic E-state index is 10.3. The van der Waals surface area contributed by atoms with Crippen LogP contribution < -0.4 is 0 Å². The van der Waals surface area contributed by atoms with E-state index in [1.54, 1.807) is 5.56 Å². The molecular formula is C24H38O2. The standard InChI is InChI=1S/C24H38O2/c1-6-17-14-22-18(15-23(17)25)8-9-20-16(3)24(4,12-10-21(20)22)19(7-2)11-13-26-5/h14-16,19-21,25H,6-13H2,1-5H3/t16?,19-,20?,21?,24+/m1/s1. The number of phenols is 1. The van der Waals surface area contributed by atoms with Crippen LogP contribution in [0.3, 0.4) is 0 Å². The van der Waals surface area contributed by atoms with Crippen LogP contribution in [0.15, 0.2) is 12.1 Å².